The normalized spacial score (nSPS) is 22.8. The molecule has 5 N–H and O–H groups in total. The highest BCUT2D eigenvalue weighted by atomic mass is 79.9. The van der Waals surface area contributed by atoms with Crippen LogP contribution in [0.1, 0.15) is 37.3 Å². The molecule has 0 heterocycles. The van der Waals surface area contributed by atoms with Gasteiger partial charge in [0.1, 0.15) is 6.04 Å². The monoisotopic (exact) mass is 353 g/mol. The van der Waals surface area contributed by atoms with Gasteiger partial charge >= 0.3 is 0 Å². The quantitative estimate of drug-likeness (QED) is 0.749. The maximum Gasteiger partial charge on any atom is 0.244 e. The molecule has 1 aromatic rings. The predicted octanol–water partition coefficient (Wildman–Crippen LogP) is 1.61. The molecule has 6 heteroatoms. The fraction of sp³-hybridized carbons (Fsp3) is 0.467. The Bertz CT molecular complexity index is 535. The Kier molecular flexibility index (Phi) is 5.36. The van der Waals surface area contributed by atoms with E-state index in [0.29, 0.717) is 12.0 Å². The van der Waals surface area contributed by atoms with E-state index in [1.54, 1.807) is 18.2 Å². The molecule has 2 rings (SSSR count). The van der Waals surface area contributed by atoms with Gasteiger partial charge in [0.25, 0.3) is 0 Å². The van der Waals surface area contributed by atoms with E-state index in [1.807, 2.05) is 6.07 Å². The second-order valence-corrected chi connectivity index (χ2v) is 6.43. The highest BCUT2D eigenvalue weighted by molar-refractivity contribution is 9.10. The fourth-order valence-electron chi connectivity index (χ4n) is 2.78. The number of hydrogen-bond acceptors (Lipinski definition) is 3. The fourth-order valence-corrected chi connectivity index (χ4v) is 3.20. The van der Waals surface area contributed by atoms with Crippen LogP contribution in [-0.4, -0.2) is 17.9 Å². The molecule has 3 atom stereocenters. The van der Waals surface area contributed by atoms with Crippen molar-refractivity contribution in [2.24, 2.45) is 17.4 Å². The lowest BCUT2D eigenvalue weighted by Crippen LogP contribution is -2.39. The molecule has 1 aliphatic carbocycles. The lowest BCUT2D eigenvalue weighted by Gasteiger charge is -2.19. The zero-order valence-electron chi connectivity index (χ0n) is 11.7. The molecule has 0 saturated heterocycles. The van der Waals surface area contributed by atoms with Gasteiger partial charge in [-0.25, -0.2) is 0 Å². The smallest absolute Gasteiger partial charge is 0.244 e. The molecule has 1 unspecified atom stereocenters. The molecule has 0 aliphatic heterocycles. The summed E-state index contributed by atoms with van der Waals surface area (Å²) in [6.45, 7) is 0. The summed E-state index contributed by atoms with van der Waals surface area (Å²) in [5.74, 6) is -0.556. The Labute approximate surface area is 132 Å². The average molecular weight is 354 g/mol. The standard InChI is InChI=1S/C15H20BrN3O2/c16-11-5-1-4-10(7-11)14(15(18)21)19-13(20)8-9-3-2-6-12(9)17/h1,4-5,7,9,12,14H,2-3,6,8,17H2,(H2,18,21)(H,19,20)/t9-,12+,14?/m0/s1. The molecule has 1 aliphatic rings. The number of rotatable bonds is 5. The molecular weight excluding hydrogens is 334 g/mol. The summed E-state index contributed by atoms with van der Waals surface area (Å²) in [6, 6.07) is 6.45. The zero-order chi connectivity index (χ0) is 15.4. The summed E-state index contributed by atoms with van der Waals surface area (Å²) >= 11 is 3.34. The van der Waals surface area contributed by atoms with Crippen LogP contribution in [0.4, 0.5) is 0 Å². The van der Waals surface area contributed by atoms with Crippen molar-refractivity contribution in [3.05, 3.63) is 34.3 Å². The molecule has 0 bridgehead atoms. The summed E-state index contributed by atoms with van der Waals surface area (Å²) in [4.78, 5) is 23.7. The van der Waals surface area contributed by atoms with Crippen LogP contribution in [0, 0.1) is 5.92 Å². The van der Waals surface area contributed by atoms with Crippen molar-refractivity contribution < 1.29 is 9.59 Å². The van der Waals surface area contributed by atoms with Crippen LogP contribution in [0.15, 0.2) is 28.7 Å². The molecule has 114 valence electrons. The second-order valence-electron chi connectivity index (χ2n) is 5.52. The van der Waals surface area contributed by atoms with Gasteiger partial charge in [-0.1, -0.05) is 34.5 Å². The highest BCUT2D eigenvalue weighted by Gasteiger charge is 2.28. The third kappa shape index (κ3) is 4.28. The van der Waals surface area contributed by atoms with E-state index >= 15 is 0 Å². The SMILES string of the molecule is NC(=O)C(NC(=O)C[C@@H]1CCC[C@H]1N)c1cccc(Br)c1. The van der Waals surface area contributed by atoms with Gasteiger partial charge in [0, 0.05) is 16.9 Å². The number of carbonyl (C=O) groups excluding carboxylic acids is 2. The number of nitrogens with one attached hydrogen (secondary N) is 1. The molecule has 1 fully saturated rings. The van der Waals surface area contributed by atoms with E-state index in [4.69, 9.17) is 11.5 Å². The number of hydrogen-bond donors (Lipinski definition) is 3. The van der Waals surface area contributed by atoms with E-state index < -0.39 is 11.9 Å². The van der Waals surface area contributed by atoms with E-state index in [0.717, 1.165) is 23.7 Å². The molecule has 21 heavy (non-hydrogen) atoms. The zero-order valence-corrected chi connectivity index (χ0v) is 13.3. The molecule has 0 radical (unpaired) electrons. The van der Waals surface area contributed by atoms with Gasteiger partial charge in [0.05, 0.1) is 0 Å². The van der Waals surface area contributed by atoms with E-state index in [-0.39, 0.29) is 17.9 Å². The molecule has 2 amide bonds. The van der Waals surface area contributed by atoms with Gasteiger partial charge in [-0.15, -0.1) is 0 Å². The van der Waals surface area contributed by atoms with E-state index in [2.05, 4.69) is 21.2 Å². The number of amides is 2. The Morgan fingerprint density at radius 3 is 2.71 bits per heavy atom. The number of benzene rings is 1. The second kappa shape index (κ2) is 7.04. The lowest BCUT2D eigenvalue weighted by atomic mass is 9.99. The van der Waals surface area contributed by atoms with Crippen molar-refractivity contribution in [3.63, 3.8) is 0 Å². The molecule has 1 aromatic carbocycles. The van der Waals surface area contributed by atoms with Crippen LogP contribution in [0.25, 0.3) is 0 Å². The lowest BCUT2D eigenvalue weighted by molar-refractivity contribution is -0.128. The van der Waals surface area contributed by atoms with Gasteiger partial charge in [-0.3, -0.25) is 9.59 Å². The number of nitrogens with two attached hydrogens (primary N) is 2. The van der Waals surface area contributed by atoms with Crippen LogP contribution in [0.5, 0.6) is 0 Å². The Morgan fingerprint density at radius 2 is 2.14 bits per heavy atom. The third-order valence-corrected chi connectivity index (χ3v) is 4.43. The van der Waals surface area contributed by atoms with Crippen LogP contribution in [0.2, 0.25) is 0 Å². The van der Waals surface area contributed by atoms with Crippen molar-refractivity contribution >= 4 is 27.7 Å². The summed E-state index contributed by atoms with van der Waals surface area (Å²) in [5.41, 5.74) is 12.0. The molecule has 1 saturated carbocycles. The van der Waals surface area contributed by atoms with E-state index in [1.165, 1.54) is 0 Å². The minimum atomic E-state index is -0.812. The Morgan fingerprint density at radius 1 is 1.38 bits per heavy atom. The largest absolute Gasteiger partial charge is 0.368 e. The van der Waals surface area contributed by atoms with Crippen molar-refractivity contribution in [2.75, 3.05) is 0 Å². The van der Waals surface area contributed by atoms with Crippen LogP contribution in [0.3, 0.4) is 0 Å². The summed E-state index contributed by atoms with van der Waals surface area (Å²) in [6.07, 6.45) is 3.33. The van der Waals surface area contributed by atoms with Crippen molar-refractivity contribution in [2.45, 2.75) is 37.8 Å². The van der Waals surface area contributed by atoms with Gasteiger partial charge in [0.2, 0.25) is 11.8 Å². The van der Waals surface area contributed by atoms with E-state index in [9.17, 15) is 9.59 Å². The molecule has 0 spiro atoms. The minimum absolute atomic E-state index is 0.0775. The van der Waals surface area contributed by atoms with Gasteiger partial charge in [-0.2, -0.15) is 0 Å². The van der Waals surface area contributed by atoms with Crippen molar-refractivity contribution in [1.29, 1.82) is 0 Å². The maximum absolute atomic E-state index is 12.1. The van der Waals surface area contributed by atoms with Crippen LogP contribution in [-0.2, 0) is 9.59 Å². The summed E-state index contributed by atoms with van der Waals surface area (Å²) in [5, 5.41) is 2.72. The highest BCUT2D eigenvalue weighted by Crippen LogP contribution is 2.27. The Balaban J connectivity index is 2.03. The van der Waals surface area contributed by atoms with Gasteiger partial charge < -0.3 is 16.8 Å². The predicted molar refractivity (Wildman–Crippen MR) is 84.2 cm³/mol. The third-order valence-electron chi connectivity index (χ3n) is 3.94. The number of halogens is 1. The molecule has 5 nitrogen and oxygen atoms in total. The molecule has 0 aromatic heterocycles. The van der Waals surface area contributed by atoms with Gasteiger partial charge in [0.15, 0.2) is 0 Å². The van der Waals surface area contributed by atoms with Crippen LogP contribution >= 0.6 is 15.9 Å². The minimum Gasteiger partial charge on any atom is -0.368 e. The molecular formula is C15H20BrN3O2. The number of carbonyl (C=O) groups is 2. The first kappa shape index (κ1) is 16.0. The summed E-state index contributed by atoms with van der Waals surface area (Å²) in [7, 11) is 0. The summed E-state index contributed by atoms with van der Waals surface area (Å²) < 4.78 is 0.832. The first-order valence-electron chi connectivity index (χ1n) is 7.07. The van der Waals surface area contributed by atoms with Crippen LogP contribution < -0.4 is 16.8 Å². The number of primary amides is 1. The topological polar surface area (TPSA) is 98.2 Å². The first-order chi connectivity index (χ1) is 9.97. The maximum atomic E-state index is 12.1. The van der Waals surface area contributed by atoms with Gasteiger partial charge in [-0.05, 0) is 36.5 Å². The Hall–Kier alpha value is -1.40. The van der Waals surface area contributed by atoms with Crippen molar-refractivity contribution in [3.8, 4) is 0 Å². The van der Waals surface area contributed by atoms with Crippen molar-refractivity contribution in [1.82, 2.24) is 5.32 Å². The first-order valence-corrected chi connectivity index (χ1v) is 7.86. The average Bonchev–Trinajstić information content (AvgIpc) is 2.81.